The fourth-order valence-electron chi connectivity index (χ4n) is 1.74. The zero-order valence-electron chi connectivity index (χ0n) is 12.8. The molecule has 0 heterocycles. The zero-order chi connectivity index (χ0) is 14.4. The lowest BCUT2D eigenvalue weighted by Crippen LogP contribution is -2.35. The molecule has 4 heteroatoms. The van der Waals surface area contributed by atoms with Crippen LogP contribution in [-0.2, 0) is 9.47 Å². The third kappa shape index (κ3) is 11.0. The molecule has 0 saturated carbocycles. The van der Waals surface area contributed by atoms with Crippen molar-refractivity contribution in [2.24, 2.45) is 5.73 Å². The minimum absolute atomic E-state index is 0.0275. The van der Waals surface area contributed by atoms with Gasteiger partial charge in [0, 0.05) is 12.6 Å². The Bertz CT molecular complexity index is 222. The first-order valence-corrected chi connectivity index (χ1v) is 6.75. The summed E-state index contributed by atoms with van der Waals surface area (Å²) in [6.45, 7) is 12.7. The molecule has 0 amide bonds. The Kier molecular flexibility index (Phi) is 7.37. The molecule has 0 spiro atoms. The molecular formula is C14H31NO3. The summed E-state index contributed by atoms with van der Waals surface area (Å²) in [4.78, 5) is 0. The van der Waals surface area contributed by atoms with Gasteiger partial charge in [-0.25, -0.2) is 0 Å². The van der Waals surface area contributed by atoms with Crippen LogP contribution in [0.5, 0.6) is 0 Å². The van der Waals surface area contributed by atoms with E-state index in [1.165, 1.54) is 0 Å². The molecule has 3 N–H and O–H groups in total. The molecule has 0 aliphatic heterocycles. The molecule has 4 nitrogen and oxygen atoms in total. The molecule has 0 fully saturated rings. The van der Waals surface area contributed by atoms with Gasteiger partial charge in [0.25, 0.3) is 0 Å². The first-order valence-electron chi connectivity index (χ1n) is 6.75. The summed E-state index contributed by atoms with van der Waals surface area (Å²) in [5.41, 5.74) is 4.88. The highest BCUT2D eigenvalue weighted by Crippen LogP contribution is 2.17. The van der Waals surface area contributed by atoms with Crippen LogP contribution in [0.2, 0.25) is 0 Å². The van der Waals surface area contributed by atoms with Gasteiger partial charge < -0.3 is 20.3 Å². The van der Waals surface area contributed by atoms with Crippen molar-refractivity contribution in [2.45, 2.75) is 77.7 Å². The first kappa shape index (κ1) is 17.8. The molecule has 0 aliphatic rings. The van der Waals surface area contributed by atoms with Gasteiger partial charge in [-0.15, -0.1) is 0 Å². The summed E-state index contributed by atoms with van der Waals surface area (Å²) in [7, 11) is 0. The van der Waals surface area contributed by atoms with E-state index < -0.39 is 5.60 Å². The molecule has 18 heavy (non-hydrogen) atoms. The van der Waals surface area contributed by atoms with E-state index in [0.717, 1.165) is 6.42 Å². The average molecular weight is 261 g/mol. The molecule has 0 saturated heterocycles. The van der Waals surface area contributed by atoms with E-state index in [4.69, 9.17) is 15.2 Å². The third-order valence-corrected chi connectivity index (χ3v) is 2.64. The van der Waals surface area contributed by atoms with Crippen LogP contribution in [0.3, 0.4) is 0 Å². The van der Waals surface area contributed by atoms with Gasteiger partial charge in [-0.05, 0) is 54.4 Å². The quantitative estimate of drug-likeness (QED) is 0.667. The van der Waals surface area contributed by atoms with E-state index in [0.29, 0.717) is 19.6 Å². The number of ether oxygens (including phenoxy) is 2. The number of hydrogen-bond donors (Lipinski definition) is 2. The van der Waals surface area contributed by atoms with Gasteiger partial charge >= 0.3 is 0 Å². The van der Waals surface area contributed by atoms with E-state index in [2.05, 4.69) is 0 Å². The van der Waals surface area contributed by atoms with Gasteiger partial charge in [0.1, 0.15) is 0 Å². The highest BCUT2D eigenvalue weighted by Gasteiger charge is 2.21. The summed E-state index contributed by atoms with van der Waals surface area (Å²) in [5.74, 6) is 0. The van der Waals surface area contributed by atoms with Crippen LogP contribution in [0.4, 0.5) is 0 Å². The Labute approximate surface area is 112 Å². The number of rotatable bonds is 9. The monoisotopic (exact) mass is 261 g/mol. The smallest absolute Gasteiger partial charge is 0.0780 e. The summed E-state index contributed by atoms with van der Waals surface area (Å²) in [6, 6.07) is 0.131. The summed E-state index contributed by atoms with van der Waals surface area (Å²) < 4.78 is 11.4. The standard InChI is InChI=1S/C14H31NO3/c1-11(15)9-14(5,6)18-10-12(2)17-8-7-13(3,4)16/h11-12,16H,7-10,15H2,1-6H3. The molecule has 2 atom stereocenters. The van der Waals surface area contributed by atoms with Crippen molar-refractivity contribution in [2.75, 3.05) is 13.2 Å². The largest absolute Gasteiger partial charge is 0.390 e. The fraction of sp³-hybridized carbons (Fsp3) is 1.00. The molecule has 110 valence electrons. The molecule has 0 rings (SSSR count). The van der Waals surface area contributed by atoms with Crippen LogP contribution in [-0.4, -0.2) is 41.7 Å². The first-order chi connectivity index (χ1) is 8.02. The Hall–Kier alpha value is -0.160. The van der Waals surface area contributed by atoms with Crippen molar-refractivity contribution in [3.8, 4) is 0 Å². The van der Waals surface area contributed by atoms with Crippen molar-refractivity contribution in [1.29, 1.82) is 0 Å². The lowest BCUT2D eigenvalue weighted by molar-refractivity contribution is -0.0861. The normalized spacial score (nSPS) is 16.7. The van der Waals surface area contributed by atoms with Crippen molar-refractivity contribution in [3.63, 3.8) is 0 Å². The molecular weight excluding hydrogens is 230 g/mol. The van der Waals surface area contributed by atoms with Gasteiger partial charge in [0.05, 0.1) is 23.9 Å². The number of nitrogens with two attached hydrogens (primary N) is 1. The van der Waals surface area contributed by atoms with E-state index in [1.807, 2.05) is 27.7 Å². The second-order valence-electron chi connectivity index (χ2n) is 6.50. The van der Waals surface area contributed by atoms with E-state index in [9.17, 15) is 5.11 Å². The molecule has 0 aliphatic carbocycles. The highest BCUT2D eigenvalue weighted by molar-refractivity contribution is 4.74. The summed E-state index contributed by atoms with van der Waals surface area (Å²) in [6.07, 6.45) is 1.48. The lowest BCUT2D eigenvalue weighted by Gasteiger charge is -2.29. The maximum Gasteiger partial charge on any atom is 0.0780 e. The second-order valence-corrected chi connectivity index (χ2v) is 6.50. The predicted molar refractivity (Wildman–Crippen MR) is 74.6 cm³/mol. The van der Waals surface area contributed by atoms with Crippen LogP contribution in [0, 0.1) is 0 Å². The topological polar surface area (TPSA) is 64.7 Å². The van der Waals surface area contributed by atoms with Gasteiger partial charge in [-0.2, -0.15) is 0 Å². The third-order valence-electron chi connectivity index (χ3n) is 2.64. The van der Waals surface area contributed by atoms with Crippen molar-refractivity contribution >= 4 is 0 Å². The van der Waals surface area contributed by atoms with Crippen LogP contribution >= 0.6 is 0 Å². The maximum absolute atomic E-state index is 9.56. The summed E-state index contributed by atoms with van der Waals surface area (Å²) in [5, 5.41) is 9.56. The Balaban J connectivity index is 3.79. The molecule has 2 unspecified atom stereocenters. The second kappa shape index (κ2) is 7.43. The Morgan fingerprint density at radius 1 is 1.17 bits per heavy atom. The van der Waals surface area contributed by atoms with E-state index in [1.54, 1.807) is 13.8 Å². The fourth-order valence-corrected chi connectivity index (χ4v) is 1.74. The van der Waals surface area contributed by atoms with Crippen molar-refractivity contribution in [1.82, 2.24) is 0 Å². The van der Waals surface area contributed by atoms with E-state index in [-0.39, 0.29) is 17.7 Å². The molecule has 0 bridgehead atoms. The molecule has 0 aromatic carbocycles. The summed E-state index contributed by atoms with van der Waals surface area (Å²) >= 11 is 0. The van der Waals surface area contributed by atoms with Crippen molar-refractivity contribution < 1.29 is 14.6 Å². The molecule has 0 aromatic rings. The van der Waals surface area contributed by atoms with Gasteiger partial charge in [-0.3, -0.25) is 0 Å². The Morgan fingerprint density at radius 2 is 1.72 bits per heavy atom. The minimum Gasteiger partial charge on any atom is -0.390 e. The number of aliphatic hydroxyl groups is 1. The van der Waals surface area contributed by atoms with Crippen LogP contribution in [0.15, 0.2) is 0 Å². The van der Waals surface area contributed by atoms with E-state index >= 15 is 0 Å². The lowest BCUT2D eigenvalue weighted by atomic mass is 10.0. The highest BCUT2D eigenvalue weighted by atomic mass is 16.5. The average Bonchev–Trinajstić information content (AvgIpc) is 2.10. The Morgan fingerprint density at radius 3 is 2.17 bits per heavy atom. The maximum atomic E-state index is 9.56. The number of hydrogen-bond acceptors (Lipinski definition) is 4. The van der Waals surface area contributed by atoms with Gasteiger partial charge in [0.2, 0.25) is 0 Å². The SMILES string of the molecule is CC(N)CC(C)(C)OCC(C)OCCC(C)(C)O. The predicted octanol–water partition coefficient (Wildman–Crippen LogP) is 2.09. The minimum atomic E-state index is -0.672. The van der Waals surface area contributed by atoms with Crippen LogP contribution in [0.1, 0.15) is 54.4 Å². The van der Waals surface area contributed by atoms with Gasteiger partial charge in [-0.1, -0.05) is 0 Å². The molecule has 0 radical (unpaired) electrons. The van der Waals surface area contributed by atoms with Crippen molar-refractivity contribution in [3.05, 3.63) is 0 Å². The van der Waals surface area contributed by atoms with Gasteiger partial charge in [0.15, 0.2) is 0 Å². The van der Waals surface area contributed by atoms with Crippen LogP contribution in [0.25, 0.3) is 0 Å². The van der Waals surface area contributed by atoms with Crippen LogP contribution < -0.4 is 5.73 Å². The molecule has 0 aromatic heterocycles. The zero-order valence-corrected chi connectivity index (χ0v) is 12.8.